The van der Waals surface area contributed by atoms with Crippen LogP contribution >= 0.6 is 0 Å². The van der Waals surface area contributed by atoms with Crippen molar-refractivity contribution in [1.82, 2.24) is 9.55 Å². The number of aromatic nitrogens is 2. The van der Waals surface area contributed by atoms with Crippen LogP contribution in [0.3, 0.4) is 0 Å². The number of hydrogen-bond donors (Lipinski definition) is 0. The predicted molar refractivity (Wildman–Crippen MR) is 94.8 cm³/mol. The average molecular weight is 351 g/mol. The van der Waals surface area contributed by atoms with Crippen molar-refractivity contribution in [3.63, 3.8) is 0 Å². The summed E-state index contributed by atoms with van der Waals surface area (Å²) < 4.78 is 25.1. The first-order valence-electron chi connectivity index (χ1n) is 7.74. The molecule has 0 aliphatic rings. The highest BCUT2D eigenvalue weighted by atomic mass is 32.2. The molecule has 0 saturated heterocycles. The minimum Gasteiger partial charge on any atom is -0.330 e. The second-order valence-corrected chi connectivity index (χ2v) is 7.85. The number of sulfone groups is 1. The molecule has 0 radical (unpaired) electrons. The van der Waals surface area contributed by atoms with Crippen LogP contribution in [-0.4, -0.2) is 24.2 Å². The Kier molecular flexibility index (Phi) is 4.68. The molecule has 1 heterocycles. The van der Waals surface area contributed by atoms with E-state index in [0.717, 1.165) is 17.0 Å². The second kappa shape index (κ2) is 6.91. The standard InChI is InChI=1S/C19H17N3O2S/c1-25(23,24)18-8-6-15(7-9-18)12-19-21-10-11-22(19)14-17-5-3-2-4-16(17)13-20/h2-11H,12,14H2,1H3. The average Bonchev–Trinajstić information content (AvgIpc) is 3.02. The fourth-order valence-electron chi connectivity index (χ4n) is 2.64. The Morgan fingerprint density at radius 1 is 1.12 bits per heavy atom. The van der Waals surface area contributed by atoms with Gasteiger partial charge in [0.2, 0.25) is 0 Å². The Bertz CT molecular complexity index is 1030. The van der Waals surface area contributed by atoms with Crippen molar-refractivity contribution in [2.24, 2.45) is 0 Å². The number of nitrogens with zero attached hydrogens (tertiary/aromatic N) is 3. The van der Waals surface area contributed by atoms with E-state index >= 15 is 0 Å². The zero-order valence-corrected chi connectivity index (χ0v) is 14.6. The maximum atomic E-state index is 11.5. The van der Waals surface area contributed by atoms with Gasteiger partial charge in [-0.05, 0) is 29.3 Å². The van der Waals surface area contributed by atoms with E-state index in [1.165, 1.54) is 6.26 Å². The normalized spacial score (nSPS) is 11.2. The number of hydrogen-bond acceptors (Lipinski definition) is 4. The van der Waals surface area contributed by atoms with Gasteiger partial charge in [-0.25, -0.2) is 13.4 Å². The molecule has 0 spiro atoms. The number of rotatable bonds is 5. The maximum absolute atomic E-state index is 11.5. The first-order valence-corrected chi connectivity index (χ1v) is 9.63. The van der Waals surface area contributed by atoms with Crippen LogP contribution in [0.5, 0.6) is 0 Å². The molecule has 0 N–H and O–H groups in total. The summed E-state index contributed by atoms with van der Waals surface area (Å²) in [7, 11) is -3.19. The van der Waals surface area contributed by atoms with E-state index in [0.29, 0.717) is 23.4 Å². The molecule has 3 rings (SSSR count). The summed E-state index contributed by atoms with van der Waals surface area (Å²) in [6.07, 6.45) is 5.40. The van der Waals surface area contributed by atoms with Crippen LogP contribution in [0.1, 0.15) is 22.5 Å². The van der Waals surface area contributed by atoms with Crippen LogP contribution in [0, 0.1) is 11.3 Å². The Morgan fingerprint density at radius 3 is 2.52 bits per heavy atom. The molecular weight excluding hydrogens is 334 g/mol. The van der Waals surface area contributed by atoms with Crippen molar-refractivity contribution in [2.45, 2.75) is 17.9 Å². The fraction of sp³-hybridized carbons (Fsp3) is 0.158. The zero-order chi connectivity index (χ0) is 17.9. The maximum Gasteiger partial charge on any atom is 0.175 e. The summed E-state index contributed by atoms with van der Waals surface area (Å²) in [6.45, 7) is 0.570. The molecule has 2 aromatic carbocycles. The largest absolute Gasteiger partial charge is 0.330 e. The molecule has 1 aromatic heterocycles. The van der Waals surface area contributed by atoms with Crippen molar-refractivity contribution in [1.29, 1.82) is 5.26 Å². The molecule has 5 nitrogen and oxygen atoms in total. The highest BCUT2D eigenvalue weighted by molar-refractivity contribution is 7.90. The van der Waals surface area contributed by atoms with Gasteiger partial charge in [-0.15, -0.1) is 0 Å². The van der Waals surface area contributed by atoms with Crippen molar-refractivity contribution < 1.29 is 8.42 Å². The van der Waals surface area contributed by atoms with Gasteiger partial charge in [0, 0.05) is 25.1 Å². The van der Waals surface area contributed by atoms with Crippen LogP contribution in [0.2, 0.25) is 0 Å². The molecule has 0 atom stereocenters. The smallest absolute Gasteiger partial charge is 0.175 e. The van der Waals surface area contributed by atoms with Crippen LogP contribution in [0.15, 0.2) is 65.8 Å². The Balaban J connectivity index is 1.82. The summed E-state index contributed by atoms with van der Waals surface area (Å²) in [5.74, 6) is 0.861. The van der Waals surface area contributed by atoms with Gasteiger partial charge < -0.3 is 4.57 Å². The molecule has 3 aromatic rings. The van der Waals surface area contributed by atoms with Crippen LogP contribution < -0.4 is 0 Å². The van der Waals surface area contributed by atoms with E-state index in [1.807, 2.05) is 29.0 Å². The SMILES string of the molecule is CS(=O)(=O)c1ccc(Cc2nccn2Cc2ccccc2C#N)cc1. The summed E-state index contributed by atoms with van der Waals surface area (Å²) >= 11 is 0. The van der Waals surface area contributed by atoms with Crippen LogP contribution in [0.25, 0.3) is 0 Å². The van der Waals surface area contributed by atoms with E-state index < -0.39 is 9.84 Å². The molecule has 0 unspecified atom stereocenters. The van der Waals surface area contributed by atoms with Gasteiger partial charge >= 0.3 is 0 Å². The van der Waals surface area contributed by atoms with E-state index in [4.69, 9.17) is 0 Å². The lowest BCUT2D eigenvalue weighted by Crippen LogP contribution is -2.06. The third-order valence-corrected chi connectivity index (χ3v) is 5.12. The fourth-order valence-corrected chi connectivity index (χ4v) is 3.27. The second-order valence-electron chi connectivity index (χ2n) is 5.83. The summed E-state index contributed by atoms with van der Waals surface area (Å²) in [5.41, 5.74) is 2.57. The number of imidazole rings is 1. The Morgan fingerprint density at radius 2 is 1.84 bits per heavy atom. The highest BCUT2D eigenvalue weighted by Gasteiger charge is 2.09. The van der Waals surface area contributed by atoms with Crippen LogP contribution in [-0.2, 0) is 22.8 Å². The van der Waals surface area contributed by atoms with E-state index in [9.17, 15) is 13.7 Å². The molecule has 0 amide bonds. The van der Waals surface area contributed by atoms with E-state index in [1.54, 1.807) is 36.5 Å². The third kappa shape index (κ3) is 3.95. The first kappa shape index (κ1) is 16.9. The van der Waals surface area contributed by atoms with Gasteiger partial charge in [-0.1, -0.05) is 30.3 Å². The molecule has 0 saturated carbocycles. The Labute approximate surface area is 147 Å². The number of nitriles is 1. The van der Waals surface area contributed by atoms with Gasteiger partial charge in [-0.2, -0.15) is 5.26 Å². The van der Waals surface area contributed by atoms with E-state index in [-0.39, 0.29) is 0 Å². The minimum atomic E-state index is -3.19. The van der Waals surface area contributed by atoms with Crippen molar-refractivity contribution >= 4 is 9.84 Å². The minimum absolute atomic E-state index is 0.308. The monoisotopic (exact) mass is 351 g/mol. The first-order chi connectivity index (χ1) is 12.0. The van der Waals surface area contributed by atoms with E-state index in [2.05, 4.69) is 11.1 Å². The van der Waals surface area contributed by atoms with Gasteiger partial charge in [0.1, 0.15) is 5.82 Å². The summed E-state index contributed by atoms with van der Waals surface area (Å²) in [4.78, 5) is 4.70. The lowest BCUT2D eigenvalue weighted by atomic mass is 10.1. The topological polar surface area (TPSA) is 75.8 Å². The van der Waals surface area contributed by atoms with Crippen molar-refractivity contribution in [3.05, 3.63) is 83.4 Å². The van der Waals surface area contributed by atoms with Gasteiger partial charge in [-0.3, -0.25) is 0 Å². The molecule has 0 bridgehead atoms. The molecule has 0 aliphatic heterocycles. The third-order valence-electron chi connectivity index (χ3n) is 3.99. The van der Waals surface area contributed by atoms with Gasteiger partial charge in [0.25, 0.3) is 0 Å². The highest BCUT2D eigenvalue weighted by Crippen LogP contribution is 2.15. The molecule has 25 heavy (non-hydrogen) atoms. The summed E-state index contributed by atoms with van der Waals surface area (Å²) in [5, 5.41) is 9.22. The predicted octanol–water partition coefficient (Wildman–Crippen LogP) is 2.80. The zero-order valence-electron chi connectivity index (χ0n) is 13.8. The van der Waals surface area contributed by atoms with Crippen LogP contribution in [0.4, 0.5) is 0 Å². The number of benzene rings is 2. The Hall–Kier alpha value is -2.91. The van der Waals surface area contributed by atoms with Gasteiger partial charge in [0.05, 0.1) is 23.1 Å². The van der Waals surface area contributed by atoms with Crippen molar-refractivity contribution in [2.75, 3.05) is 6.26 Å². The molecule has 0 aliphatic carbocycles. The quantitative estimate of drug-likeness (QED) is 0.708. The molecular formula is C19H17N3O2S. The molecule has 6 heteroatoms. The molecule has 0 fully saturated rings. The van der Waals surface area contributed by atoms with Gasteiger partial charge in [0.15, 0.2) is 9.84 Å². The lowest BCUT2D eigenvalue weighted by molar-refractivity contribution is 0.602. The lowest BCUT2D eigenvalue weighted by Gasteiger charge is -2.10. The molecule has 126 valence electrons. The summed E-state index contributed by atoms with van der Waals surface area (Å²) in [6, 6.07) is 16.5. The van der Waals surface area contributed by atoms with Crippen molar-refractivity contribution in [3.8, 4) is 6.07 Å².